The van der Waals surface area contributed by atoms with Gasteiger partial charge in [-0.05, 0) is 36.1 Å². The van der Waals surface area contributed by atoms with E-state index in [1.165, 1.54) is 49.7 Å². The number of fused-ring (bicyclic) bond motifs is 1. The van der Waals surface area contributed by atoms with Crippen molar-refractivity contribution in [3.05, 3.63) is 84.6 Å². The van der Waals surface area contributed by atoms with Crippen molar-refractivity contribution in [3.8, 4) is 28.3 Å². The third-order valence-corrected chi connectivity index (χ3v) is 6.89. The van der Waals surface area contributed by atoms with Crippen molar-refractivity contribution in [3.63, 3.8) is 0 Å². The number of aromatic nitrogens is 6. The van der Waals surface area contributed by atoms with E-state index >= 15 is 0 Å². The molecule has 5 aromatic rings. The van der Waals surface area contributed by atoms with E-state index in [1.807, 2.05) is 23.0 Å². The summed E-state index contributed by atoms with van der Waals surface area (Å²) < 4.78 is 8.03. The van der Waals surface area contributed by atoms with Gasteiger partial charge in [0.15, 0.2) is 11.5 Å². The molecule has 1 fully saturated rings. The van der Waals surface area contributed by atoms with E-state index in [0.717, 1.165) is 34.5 Å². The number of nitrogens with zero attached hydrogens (tertiary/aromatic N) is 5. The number of nitrogens with one attached hydrogen (secondary N) is 1. The first-order valence-corrected chi connectivity index (χ1v) is 12.4. The lowest BCUT2D eigenvalue weighted by molar-refractivity contribution is 0.322. The highest BCUT2D eigenvalue weighted by Crippen LogP contribution is 2.39. The molecule has 1 aliphatic carbocycles. The summed E-state index contributed by atoms with van der Waals surface area (Å²) in [5.74, 6) is 2.02. The molecule has 0 unspecified atom stereocenters. The quantitative estimate of drug-likeness (QED) is 0.327. The minimum absolute atomic E-state index is 0.452. The van der Waals surface area contributed by atoms with Crippen molar-refractivity contribution in [1.82, 2.24) is 29.8 Å². The summed E-state index contributed by atoms with van der Waals surface area (Å²) in [4.78, 5) is 9.13. The Morgan fingerprint density at radius 1 is 0.886 bits per heavy atom. The van der Waals surface area contributed by atoms with Gasteiger partial charge in [0.05, 0.1) is 24.1 Å². The fourth-order valence-electron chi connectivity index (χ4n) is 5.10. The summed E-state index contributed by atoms with van der Waals surface area (Å²) in [6, 6.07) is 18.8. The minimum atomic E-state index is 0.452. The van der Waals surface area contributed by atoms with E-state index < -0.39 is 0 Å². The molecule has 3 aromatic heterocycles. The number of H-pyrrole nitrogens is 1. The molecule has 35 heavy (non-hydrogen) atoms. The van der Waals surface area contributed by atoms with Crippen molar-refractivity contribution in [2.24, 2.45) is 0 Å². The van der Waals surface area contributed by atoms with Gasteiger partial charge in [-0.2, -0.15) is 10.2 Å². The number of hydrogen-bond donors (Lipinski definition) is 1. The summed E-state index contributed by atoms with van der Waals surface area (Å²) in [6.07, 6.45) is 12.4. The van der Waals surface area contributed by atoms with Crippen LogP contribution in [-0.2, 0) is 6.42 Å². The highest BCUT2D eigenvalue weighted by molar-refractivity contribution is 5.75. The van der Waals surface area contributed by atoms with E-state index in [9.17, 15) is 0 Å². The van der Waals surface area contributed by atoms with Gasteiger partial charge in [0.25, 0.3) is 0 Å². The van der Waals surface area contributed by atoms with Crippen LogP contribution >= 0.6 is 0 Å². The number of hydrogen-bond acceptors (Lipinski definition) is 5. The van der Waals surface area contributed by atoms with Gasteiger partial charge in [-0.3, -0.25) is 5.10 Å². The Hall–Kier alpha value is -4.00. The highest BCUT2D eigenvalue weighted by Gasteiger charge is 2.25. The fraction of sp³-hybridized carbons (Fsp3) is 0.286. The molecule has 0 aliphatic heterocycles. The minimum Gasteiger partial charge on any atom is -0.493 e. The molecule has 0 saturated heterocycles. The predicted octanol–water partition coefficient (Wildman–Crippen LogP) is 5.85. The maximum absolute atomic E-state index is 6.01. The first kappa shape index (κ1) is 21.5. The topological polar surface area (TPSA) is 81.0 Å². The van der Waals surface area contributed by atoms with Crippen molar-refractivity contribution in [2.75, 3.05) is 6.61 Å². The van der Waals surface area contributed by atoms with Gasteiger partial charge in [-0.1, -0.05) is 61.7 Å². The van der Waals surface area contributed by atoms with Crippen LogP contribution in [0.5, 0.6) is 5.75 Å². The second kappa shape index (κ2) is 9.70. The van der Waals surface area contributed by atoms with Crippen LogP contribution in [0.15, 0.2) is 73.3 Å². The summed E-state index contributed by atoms with van der Waals surface area (Å²) in [5, 5.41) is 11.7. The third kappa shape index (κ3) is 4.41. The molecule has 1 saturated carbocycles. The normalized spacial score (nSPS) is 14.4. The average Bonchev–Trinajstić information content (AvgIpc) is 3.60. The molecule has 0 radical (unpaired) electrons. The number of rotatable bonds is 7. The van der Waals surface area contributed by atoms with Crippen LogP contribution in [0.25, 0.3) is 28.2 Å². The molecule has 0 bridgehead atoms. The second-order valence-electron chi connectivity index (χ2n) is 9.13. The summed E-state index contributed by atoms with van der Waals surface area (Å²) in [5.41, 5.74) is 6.46. The molecular weight excluding hydrogens is 436 g/mol. The van der Waals surface area contributed by atoms with Crippen LogP contribution in [0.3, 0.4) is 0 Å². The molecule has 2 aromatic carbocycles. The van der Waals surface area contributed by atoms with E-state index in [4.69, 9.17) is 14.8 Å². The zero-order valence-electron chi connectivity index (χ0n) is 19.6. The van der Waals surface area contributed by atoms with Crippen LogP contribution in [0.1, 0.15) is 49.3 Å². The second-order valence-corrected chi connectivity index (χ2v) is 9.13. The van der Waals surface area contributed by atoms with Gasteiger partial charge >= 0.3 is 0 Å². The first-order valence-electron chi connectivity index (χ1n) is 12.4. The molecule has 7 heteroatoms. The first-order chi connectivity index (χ1) is 17.4. The van der Waals surface area contributed by atoms with Crippen molar-refractivity contribution < 1.29 is 4.74 Å². The van der Waals surface area contributed by atoms with Gasteiger partial charge in [0, 0.05) is 24.1 Å². The summed E-state index contributed by atoms with van der Waals surface area (Å²) >= 11 is 0. The zero-order valence-corrected chi connectivity index (χ0v) is 19.6. The molecular formula is C28H28N6O. The van der Waals surface area contributed by atoms with Crippen LogP contribution in [0.2, 0.25) is 0 Å². The highest BCUT2D eigenvalue weighted by atomic mass is 16.5. The Kier molecular flexibility index (Phi) is 5.97. The molecule has 7 nitrogen and oxygen atoms in total. The maximum Gasteiger partial charge on any atom is 0.166 e. The van der Waals surface area contributed by atoms with E-state index in [2.05, 4.69) is 63.7 Å². The van der Waals surface area contributed by atoms with Gasteiger partial charge in [0.2, 0.25) is 0 Å². The van der Waals surface area contributed by atoms with E-state index in [-0.39, 0.29) is 0 Å². The lowest BCUT2D eigenvalue weighted by atomic mass is 9.84. The number of ether oxygens (including phenoxy) is 1. The molecule has 1 aliphatic rings. The third-order valence-electron chi connectivity index (χ3n) is 6.89. The van der Waals surface area contributed by atoms with E-state index in [0.29, 0.717) is 18.3 Å². The Bertz CT molecular complexity index is 1390. The Morgan fingerprint density at radius 2 is 1.71 bits per heavy atom. The number of benzene rings is 2. The molecule has 1 N–H and O–H groups in total. The molecule has 0 amide bonds. The molecule has 176 valence electrons. The summed E-state index contributed by atoms with van der Waals surface area (Å²) in [6.45, 7) is 0.655. The predicted molar refractivity (Wildman–Crippen MR) is 135 cm³/mol. The standard InChI is InChI=1S/C28H28N6O/c1-3-7-20(8-4-1)15-16-35-23-13-11-21(12-14-23)24-17-29-28-25(27-30-19-31-33-27)18-32-34(28)26(24)22-9-5-2-6-10-22/h1,3-4,7-8,11-14,17-19,22H,2,5-6,9-10,15-16H2,(H,30,31,33). The van der Waals surface area contributed by atoms with Gasteiger partial charge < -0.3 is 4.74 Å². The van der Waals surface area contributed by atoms with E-state index in [1.54, 1.807) is 0 Å². The smallest absolute Gasteiger partial charge is 0.166 e. The SMILES string of the molecule is c1ccc(CCOc2ccc(-c3cnc4c(-c5ncn[nH]5)cnn4c3C3CCCCC3)cc2)cc1. The van der Waals surface area contributed by atoms with Crippen molar-refractivity contribution in [1.29, 1.82) is 0 Å². The lowest BCUT2D eigenvalue weighted by Crippen LogP contribution is -2.12. The van der Waals surface area contributed by atoms with Crippen molar-refractivity contribution >= 4 is 5.65 Å². The zero-order chi connectivity index (χ0) is 23.5. The van der Waals surface area contributed by atoms with Crippen molar-refractivity contribution in [2.45, 2.75) is 44.4 Å². The van der Waals surface area contributed by atoms with Gasteiger partial charge in [-0.25, -0.2) is 14.5 Å². The largest absolute Gasteiger partial charge is 0.493 e. The lowest BCUT2D eigenvalue weighted by Gasteiger charge is -2.25. The molecule has 3 heterocycles. The van der Waals surface area contributed by atoms with Crippen LogP contribution in [0, 0.1) is 0 Å². The van der Waals surface area contributed by atoms with Gasteiger partial charge in [-0.15, -0.1) is 0 Å². The summed E-state index contributed by atoms with van der Waals surface area (Å²) in [7, 11) is 0. The number of aromatic amines is 1. The molecule has 6 rings (SSSR count). The van der Waals surface area contributed by atoms with Crippen LogP contribution < -0.4 is 4.74 Å². The van der Waals surface area contributed by atoms with Crippen LogP contribution in [0.4, 0.5) is 0 Å². The maximum atomic E-state index is 6.01. The Labute approximate surface area is 204 Å². The Balaban J connectivity index is 1.31. The van der Waals surface area contributed by atoms with Crippen LogP contribution in [-0.4, -0.2) is 36.4 Å². The Morgan fingerprint density at radius 3 is 2.49 bits per heavy atom. The molecule has 0 spiro atoms. The van der Waals surface area contributed by atoms with Gasteiger partial charge in [0.1, 0.15) is 12.1 Å². The average molecular weight is 465 g/mol. The monoisotopic (exact) mass is 464 g/mol. The molecule has 0 atom stereocenters. The fourth-order valence-corrected chi connectivity index (χ4v) is 5.10.